The van der Waals surface area contributed by atoms with Gasteiger partial charge in [-0.3, -0.25) is 4.79 Å². The molecule has 0 aromatic carbocycles. The Kier molecular flexibility index (Phi) is 9.13. The fourth-order valence-electron chi connectivity index (χ4n) is 2.12. The van der Waals surface area contributed by atoms with E-state index in [0.29, 0.717) is 11.8 Å². The fraction of sp³-hybridized carbons (Fsp3) is 0.938. The van der Waals surface area contributed by atoms with Gasteiger partial charge in [0, 0.05) is 12.5 Å². The van der Waals surface area contributed by atoms with Gasteiger partial charge in [-0.1, -0.05) is 60.8 Å². The Balaban J connectivity index is 4.01. The third kappa shape index (κ3) is 8.54. The maximum Gasteiger partial charge on any atom is 0.223 e. The Hall–Kier alpha value is -0.530. The highest BCUT2D eigenvalue weighted by Gasteiger charge is 2.21. The van der Waals surface area contributed by atoms with Gasteiger partial charge in [0.15, 0.2) is 0 Å². The van der Waals surface area contributed by atoms with E-state index in [9.17, 15) is 4.79 Å². The molecule has 0 spiro atoms. The minimum absolute atomic E-state index is 0.191. The summed E-state index contributed by atoms with van der Waals surface area (Å²) in [6, 6.07) is 0. The highest BCUT2D eigenvalue weighted by Crippen LogP contribution is 2.20. The van der Waals surface area contributed by atoms with Gasteiger partial charge in [-0.15, -0.1) is 0 Å². The summed E-state index contributed by atoms with van der Waals surface area (Å²) in [7, 11) is 0. The summed E-state index contributed by atoms with van der Waals surface area (Å²) in [6.07, 6.45) is 4.74. The minimum Gasteiger partial charge on any atom is -0.356 e. The zero-order valence-corrected chi connectivity index (χ0v) is 13.3. The number of unbranched alkanes of at least 4 members (excludes halogenated alkanes) is 1. The molecular formula is C16H33NO. The molecule has 0 saturated carbocycles. The van der Waals surface area contributed by atoms with Gasteiger partial charge in [0.1, 0.15) is 0 Å². The molecule has 1 N–H and O–H groups in total. The van der Waals surface area contributed by atoms with Gasteiger partial charge in [-0.25, -0.2) is 0 Å². The van der Waals surface area contributed by atoms with Gasteiger partial charge in [0.05, 0.1) is 0 Å². The molecule has 18 heavy (non-hydrogen) atoms. The molecule has 0 aliphatic carbocycles. The maximum atomic E-state index is 12.1. The van der Waals surface area contributed by atoms with Crippen molar-refractivity contribution in [3.05, 3.63) is 0 Å². The van der Waals surface area contributed by atoms with E-state index in [1.54, 1.807) is 0 Å². The second-order valence-electron chi connectivity index (χ2n) is 6.67. The van der Waals surface area contributed by atoms with Crippen LogP contribution in [-0.4, -0.2) is 12.5 Å². The molecule has 1 unspecified atom stereocenters. The van der Waals surface area contributed by atoms with E-state index in [-0.39, 0.29) is 11.8 Å². The van der Waals surface area contributed by atoms with Crippen LogP contribution in [0.3, 0.4) is 0 Å². The molecule has 0 rings (SSSR count). The van der Waals surface area contributed by atoms with Crippen molar-refractivity contribution in [2.75, 3.05) is 6.54 Å². The van der Waals surface area contributed by atoms with Crippen molar-refractivity contribution >= 4 is 5.91 Å². The van der Waals surface area contributed by atoms with Crippen LogP contribution < -0.4 is 5.32 Å². The molecule has 0 aromatic rings. The van der Waals surface area contributed by atoms with E-state index in [2.05, 4.69) is 46.9 Å². The van der Waals surface area contributed by atoms with Crippen LogP contribution in [0, 0.1) is 23.7 Å². The number of hydrogen-bond acceptors (Lipinski definition) is 1. The first-order chi connectivity index (χ1) is 8.34. The Morgan fingerprint density at radius 1 is 0.889 bits per heavy atom. The van der Waals surface area contributed by atoms with Crippen LogP contribution in [0.1, 0.15) is 67.2 Å². The van der Waals surface area contributed by atoms with E-state index >= 15 is 0 Å². The van der Waals surface area contributed by atoms with Crippen LogP contribution in [0.25, 0.3) is 0 Å². The lowest BCUT2D eigenvalue weighted by Gasteiger charge is -2.21. The van der Waals surface area contributed by atoms with Crippen LogP contribution in [0.2, 0.25) is 0 Å². The van der Waals surface area contributed by atoms with Crippen LogP contribution >= 0.6 is 0 Å². The third-order valence-electron chi connectivity index (χ3n) is 3.37. The largest absolute Gasteiger partial charge is 0.356 e. The molecule has 0 aliphatic rings. The summed E-state index contributed by atoms with van der Waals surface area (Å²) >= 11 is 0. The molecule has 2 nitrogen and oxygen atoms in total. The Bertz CT molecular complexity index is 221. The predicted molar refractivity (Wildman–Crippen MR) is 79.5 cm³/mol. The summed E-state index contributed by atoms with van der Waals surface area (Å²) in [5.41, 5.74) is 0. The van der Waals surface area contributed by atoms with Crippen molar-refractivity contribution in [2.24, 2.45) is 23.7 Å². The van der Waals surface area contributed by atoms with Crippen molar-refractivity contribution in [3.63, 3.8) is 0 Å². The van der Waals surface area contributed by atoms with Crippen molar-refractivity contribution in [3.8, 4) is 0 Å². The minimum atomic E-state index is 0.191. The van der Waals surface area contributed by atoms with Crippen LogP contribution in [-0.2, 0) is 4.79 Å². The van der Waals surface area contributed by atoms with Gasteiger partial charge in [0.2, 0.25) is 5.91 Å². The van der Waals surface area contributed by atoms with Crippen molar-refractivity contribution in [2.45, 2.75) is 67.2 Å². The summed E-state index contributed by atoms with van der Waals surface area (Å²) in [6.45, 7) is 13.9. The molecule has 2 heteroatoms. The summed E-state index contributed by atoms with van der Waals surface area (Å²) < 4.78 is 0. The van der Waals surface area contributed by atoms with Gasteiger partial charge >= 0.3 is 0 Å². The van der Waals surface area contributed by atoms with Gasteiger partial charge in [-0.05, 0) is 24.2 Å². The average molecular weight is 255 g/mol. The molecule has 0 radical (unpaired) electrons. The Labute approximate surface area is 114 Å². The lowest BCUT2D eigenvalue weighted by Crippen LogP contribution is -2.35. The van der Waals surface area contributed by atoms with E-state index in [4.69, 9.17) is 0 Å². The molecule has 0 aliphatic heterocycles. The number of amides is 1. The van der Waals surface area contributed by atoms with Crippen molar-refractivity contribution in [1.82, 2.24) is 5.32 Å². The second kappa shape index (κ2) is 9.41. The Morgan fingerprint density at radius 2 is 1.44 bits per heavy atom. The van der Waals surface area contributed by atoms with E-state index < -0.39 is 0 Å². The zero-order valence-electron chi connectivity index (χ0n) is 13.3. The molecular weight excluding hydrogens is 222 g/mol. The van der Waals surface area contributed by atoms with Gasteiger partial charge in [-0.2, -0.15) is 0 Å². The molecule has 1 amide bonds. The first-order valence-corrected chi connectivity index (χ1v) is 7.62. The lowest BCUT2D eigenvalue weighted by molar-refractivity contribution is -0.126. The van der Waals surface area contributed by atoms with Crippen LogP contribution in [0.5, 0.6) is 0 Å². The molecule has 1 atom stereocenters. The number of carbonyl (C=O) groups excluding carboxylic acids is 1. The van der Waals surface area contributed by atoms with E-state index in [1.165, 1.54) is 19.3 Å². The highest BCUT2D eigenvalue weighted by molar-refractivity contribution is 5.78. The van der Waals surface area contributed by atoms with Crippen LogP contribution in [0.4, 0.5) is 0 Å². The average Bonchev–Trinajstić information content (AvgIpc) is 2.24. The molecule has 0 aromatic heterocycles. The molecule has 0 fully saturated rings. The monoisotopic (exact) mass is 255 g/mol. The second-order valence-corrected chi connectivity index (χ2v) is 6.67. The van der Waals surface area contributed by atoms with Gasteiger partial charge in [0.25, 0.3) is 0 Å². The first-order valence-electron chi connectivity index (χ1n) is 7.62. The maximum absolute atomic E-state index is 12.1. The molecule has 108 valence electrons. The smallest absolute Gasteiger partial charge is 0.223 e. The fourth-order valence-corrected chi connectivity index (χ4v) is 2.12. The number of rotatable bonds is 9. The lowest BCUT2D eigenvalue weighted by atomic mass is 9.89. The standard InChI is InChI=1S/C16H33NO/c1-12(2)9-7-8-10-15(14(5)6)16(18)17-11-13(3)4/h12-15H,7-11H2,1-6H3,(H,17,18). The summed E-state index contributed by atoms with van der Waals surface area (Å²) in [5, 5.41) is 3.07. The van der Waals surface area contributed by atoms with Crippen molar-refractivity contribution in [1.29, 1.82) is 0 Å². The first kappa shape index (κ1) is 17.5. The topological polar surface area (TPSA) is 29.1 Å². The zero-order chi connectivity index (χ0) is 14.1. The normalized spacial score (nSPS) is 13.4. The number of carbonyl (C=O) groups is 1. The predicted octanol–water partition coefficient (Wildman–Crippen LogP) is 4.25. The molecule has 0 saturated heterocycles. The number of nitrogens with one attached hydrogen (secondary N) is 1. The SMILES string of the molecule is CC(C)CCCCC(C(=O)NCC(C)C)C(C)C. The van der Waals surface area contributed by atoms with Crippen LogP contribution in [0.15, 0.2) is 0 Å². The number of hydrogen-bond donors (Lipinski definition) is 1. The third-order valence-corrected chi connectivity index (χ3v) is 3.37. The molecule has 0 bridgehead atoms. The molecule has 0 heterocycles. The van der Waals surface area contributed by atoms with Gasteiger partial charge < -0.3 is 5.32 Å². The van der Waals surface area contributed by atoms with E-state index in [1.807, 2.05) is 0 Å². The van der Waals surface area contributed by atoms with E-state index in [0.717, 1.165) is 18.9 Å². The quantitative estimate of drug-likeness (QED) is 0.613. The van der Waals surface area contributed by atoms with Crippen molar-refractivity contribution < 1.29 is 4.79 Å². The highest BCUT2D eigenvalue weighted by atomic mass is 16.1. The Morgan fingerprint density at radius 3 is 1.89 bits per heavy atom. The summed E-state index contributed by atoms with van der Waals surface area (Å²) in [4.78, 5) is 12.1. The summed E-state index contributed by atoms with van der Waals surface area (Å²) in [5.74, 6) is 2.19.